The molecule has 1 fully saturated rings. The lowest BCUT2D eigenvalue weighted by Crippen LogP contribution is -2.50. The third kappa shape index (κ3) is 2.57. The molecule has 1 saturated heterocycles. The average molecular weight is 364 g/mol. The summed E-state index contributed by atoms with van der Waals surface area (Å²) in [4.78, 5) is 3.42. The molecular weight excluding hydrogens is 344 g/mol. The van der Waals surface area contributed by atoms with Gasteiger partial charge in [0.15, 0.2) is 6.23 Å². The number of ether oxygens (including phenoxy) is 1. The van der Waals surface area contributed by atoms with Crippen molar-refractivity contribution < 1.29 is 20.1 Å². The van der Waals surface area contributed by atoms with Gasteiger partial charge in [0.1, 0.15) is 18.3 Å². The predicted molar refractivity (Wildman–Crippen MR) is 102 cm³/mol. The minimum Gasteiger partial charge on any atom is -0.388 e. The van der Waals surface area contributed by atoms with Crippen LogP contribution in [0.15, 0.2) is 60.7 Å². The lowest BCUT2D eigenvalue weighted by atomic mass is 10.0. The second-order valence-electron chi connectivity index (χ2n) is 7.00. The SMILES string of the molecule is O[C@@H]1[C@@H](O)[C@H](n2c(-c3cc4ccccc4[nH]3)cc3ccccc32)OC[C@H]1O. The second-order valence-corrected chi connectivity index (χ2v) is 7.00. The van der Waals surface area contributed by atoms with E-state index in [9.17, 15) is 15.3 Å². The fourth-order valence-electron chi connectivity index (χ4n) is 3.89. The van der Waals surface area contributed by atoms with Crippen LogP contribution in [0.1, 0.15) is 6.23 Å². The Morgan fingerprint density at radius 1 is 0.889 bits per heavy atom. The number of aromatic nitrogens is 2. The number of nitrogens with zero attached hydrogens (tertiary/aromatic N) is 1. The van der Waals surface area contributed by atoms with Gasteiger partial charge in [-0.2, -0.15) is 0 Å². The van der Waals surface area contributed by atoms with E-state index in [4.69, 9.17) is 4.74 Å². The lowest BCUT2D eigenvalue weighted by molar-refractivity contribution is -0.209. The van der Waals surface area contributed by atoms with Gasteiger partial charge in [-0.1, -0.05) is 36.4 Å². The number of nitrogens with one attached hydrogen (secondary N) is 1. The smallest absolute Gasteiger partial charge is 0.163 e. The van der Waals surface area contributed by atoms with Gasteiger partial charge in [0.05, 0.1) is 23.5 Å². The van der Waals surface area contributed by atoms with Gasteiger partial charge in [-0.15, -0.1) is 0 Å². The Labute approximate surface area is 155 Å². The zero-order chi connectivity index (χ0) is 18.5. The first-order valence-electron chi connectivity index (χ1n) is 8.97. The van der Waals surface area contributed by atoms with Crippen molar-refractivity contribution in [3.63, 3.8) is 0 Å². The Morgan fingerprint density at radius 3 is 2.44 bits per heavy atom. The molecule has 6 nitrogen and oxygen atoms in total. The van der Waals surface area contributed by atoms with Crippen molar-refractivity contribution in [3.8, 4) is 11.4 Å². The maximum absolute atomic E-state index is 10.6. The van der Waals surface area contributed by atoms with E-state index in [0.717, 1.165) is 33.2 Å². The first kappa shape index (κ1) is 16.5. The van der Waals surface area contributed by atoms with Crippen LogP contribution in [0.4, 0.5) is 0 Å². The number of aromatic amines is 1. The van der Waals surface area contributed by atoms with Gasteiger partial charge in [0.25, 0.3) is 0 Å². The zero-order valence-electron chi connectivity index (χ0n) is 14.5. The molecule has 0 amide bonds. The largest absolute Gasteiger partial charge is 0.388 e. The Balaban J connectivity index is 1.72. The number of para-hydroxylation sites is 2. The van der Waals surface area contributed by atoms with E-state index in [1.54, 1.807) is 0 Å². The van der Waals surface area contributed by atoms with Crippen molar-refractivity contribution in [2.75, 3.05) is 6.61 Å². The first-order valence-corrected chi connectivity index (χ1v) is 8.97. The van der Waals surface area contributed by atoms with Gasteiger partial charge < -0.3 is 29.6 Å². The molecular formula is C21H20N2O4. The average Bonchev–Trinajstić information content (AvgIpc) is 3.28. The molecule has 2 aromatic heterocycles. The van der Waals surface area contributed by atoms with Crippen LogP contribution in [0, 0.1) is 0 Å². The van der Waals surface area contributed by atoms with Crippen molar-refractivity contribution in [1.82, 2.24) is 9.55 Å². The third-order valence-corrected chi connectivity index (χ3v) is 5.28. The van der Waals surface area contributed by atoms with E-state index in [0.29, 0.717) is 0 Å². The molecule has 4 atom stereocenters. The van der Waals surface area contributed by atoms with Gasteiger partial charge >= 0.3 is 0 Å². The maximum Gasteiger partial charge on any atom is 0.163 e. The molecule has 0 unspecified atom stereocenters. The van der Waals surface area contributed by atoms with Crippen molar-refractivity contribution in [2.45, 2.75) is 24.5 Å². The highest BCUT2D eigenvalue weighted by Crippen LogP contribution is 2.36. The van der Waals surface area contributed by atoms with Gasteiger partial charge in [0.2, 0.25) is 0 Å². The van der Waals surface area contributed by atoms with E-state index in [-0.39, 0.29) is 6.61 Å². The van der Waals surface area contributed by atoms with E-state index in [1.807, 2.05) is 59.2 Å². The van der Waals surface area contributed by atoms with Crippen molar-refractivity contribution in [1.29, 1.82) is 0 Å². The normalized spacial score (nSPS) is 26.0. The van der Waals surface area contributed by atoms with Crippen molar-refractivity contribution >= 4 is 21.8 Å². The highest BCUT2D eigenvalue weighted by Gasteiger charge is 2.39. The molecule has 4 N–H and O–H groups in total. The summed E-state index contributed by atoms with van der Waals surface area (Å²) in [5.41, 5.74) is 3.65. The lowest BCUT2D eigenvalue weighted by Gasteiger charge is -2.37. The number of rotatable bonds is 2. The van der Waals surface area contributed by atoms with E-state index >= 15 is 0 Å². The molecule has 0 radical (unpaired) electrons. The Morgan fingerprint density at radius 2 is 1.63 bits per heavy atom. The topological polar surface area (TPSA) is 90.6 Å². The van der Waals surface area contributed by atoms with Gasteiger partial charge in [-0.25, -0.2) is 0 Å². The number of aliphatic hydroxyl groups excluding tert-OH is 3. The van der Waals surface area contributed by atoms with Crippen LogP contribution < -0.4 is 0 Å². The molecule has 6 heteroatoms. The summed E-state index contributed by atoms with van der Waals surface area (Å²) in [5, 5.41) is 32.6. The molecule has 3 heterocycles. The fraction of sp³-hybridized carbons (Fsp3) is 0.238. The molecule has 0 saturated carbocycles. The van der Waals surface area contributed by atoms with Gasteiger partial charge in [-0.3, -0.25) is 0 Å². The standard InChI is InChI=1S/C21H20N2O4/c24-18-11-27-21(20(26)19(18)25)23-16-8-4-2-6-13(16)10-17(23)15-9-12-5-1-3-7-14(12)22-15/h1-10,18-22,24-26H,11H2/t18-,19+,20-,21-/m1/s1. The zero-order valence-corrected chi connectivity index (χ0v) is 14.5. The monoisotopic (exact) mass is 364 g/mol. The van der Waals surface area contributed by atoms with Gasteiger partial charge in [0, 0.05) is 16.3 Å². The van der Waals surface area contributed by atoms with Crippen LogP contribution in [0.3, 0.4) is 0 Å². The molecule has 0 aliphatic carbocycles. The predicted octanol–water partition coefficient (Wildman–Crippen LogP) is 2.40. The molecule has 4 aromatic rings. The Hall–Kier alpha value is -2.64. The summed E-state index contributed by atoms with van der Waals surface area (Å²) in [5.74, 6) is 0. The summed E-state index contributed by atoms with van der Waals surface area (Å²) in [6.45, 7) is -0.0401. The number of aliphatic hydroxyl groups is 3. The molecule has 5 rings (SSSR count). The molecule has 0 spiro atoms. The quantitative estimate of drug-likeness (QED) is 0.440. The molecule has 0 bridgehead atoms. The van der Waals surface area contributed by atoms with E-state index < -0.39 is 24.5 Å². The number of hydrogen-bond donors (Lipinski definition) is 4. The summed E-state index contributed by atoms with van der Waals surface area (Å²) < 4.78 is 7.64. The maximum atomic E-state index is 10.6. The fourth-order valence-corrected chi connectivity index (χ4v) is 3.89. The van der Waals surface area contributed by atoms with Crippen LogP contribution in [0.5, 0.6) is 0 Å². The van der Waals surface area contributed by atoms with Crippen molar-refractivity contribution in [3.05, 3.63) is 60.7 Å². The Bertz CT molecular complexity index is 1080. The first-order chi connectivity index (χ1) is 13.1. The summed E-state index contributed by atoms with van der Waals surface area (Å²) >= 11 is 0. The summed E-state index contributed by atoms with van der Waals surface area (Å²) in [7, 11) is 0. The minimum atomic E-state index is -1.26. The van der Waals surface area contributed by atoms with Crippen LogP contribution in [-0.4, -0.2) is 49.8 Å². The van der Waals surface area contributed by atoms with Crippen LogP contribution >= 0.6 is 0 Å². The Kier molecular flexibility index (Phi) is 3.80. The number of H-pyrrole nitrogens is 1. The summed E-state index contributed by atoms with van der Waals surface area (Å²) in [6.07, 6.45) is -4.41. The number of fused-ring (bicyclic) bond motifs is 2. The second kappa shape index (κ2) is 6.21. The summed E-state index contributed by atoms with van der Waals surface area (Å²) in [6, 6.07) is 19.9. The molecule has 138 valence electrons. The van der Waals surface area contributed by atoms with Crippen LogP contribution in [0.25, 0.3) is 33.2 Å². The molecule has 1 aliphatic heterocycles. The van der Waals surface area contributed by atoms with E-state index in [1.165, 1.54) is 0 Å². The minimum absolute atomic E-state index is 0.0401. The highest BCUT2D eigenvalue weighted by atomic mass is 16.5. The third-order valence-electron chi connectivity index (χ3n) is 5.28. The number of benzene rings is 2. The molecule has 27 heavy (non-hydrogen) atoms. The molecule has 2 aromatic carbocycles. The van der Waals surface area contributed by atoms with Gasteiger partial charge in [-0.05, 0) is 24.3 Å². The van der Waals surface area contributed by atoms with Crippen LogP contribution in [-0.2, 0) is 4.74 Å². The van der Waals surface area contributed by atoms with Crippen molar-refractivity contribution in [2.24, 2.45) is 0 Å². The molecule has 1 aliphatic rings. The van der Waals surface area contributed by atoms with Crippen LogP contribution in [0.2, 0.25) is 0 Å². The highest BCUT2D eigenvalue weighted by molar-refractivity contribution is 5.90. The van der Waals surface area contributed by atoms with E-state index in [2.05, 4.69) is 11.1 Å². The number of hydrogen-bond acceptors (Lipinski definition) is 4.